The lowest BCUT2D eigenvalue weighted by molar-refractivity contribution is -0.120. The van der Waals surface area contributed by atoms with Crippen molar-refractivity contribution >= 4 is 5.78 Å². The number of carbonyl (C=O) groups is 1. The lowest BCUT2D eigenvalue weighted by Gasteiger charge is -2.23. The third kappa shape index (κ3) is 1.62. The smallest absolute Gasteiger partial charge is 0.162 e. The molecule has 2 nitrogen and oxygen atoms in total. The number of allylic oxidation sites excluding steroid dienone is 2. The summed E-state index contributed by atoms with van der Waals surface area (Å²) in [6.45, 7) is 4.05. The quantitative estimate of drug-likeness (QED) is 0.575. The molecule has 2 unspecified atom stereocenters. The maximum absolute atomic E-state index is 11.2. The fourth-order valence-electron chi connectivity index (χ4n) is 1.27. The minimum Gasteiger partial charge on any atom is -0.501 e. The predicted octanol–water partition coefficient (Wildman–Crippen LogP) is 1.76. The van der Waals surface area contributed by atoms with Gasteiger partial charge in [-0.2, -0.15) is 0 Å². The summed E-state index contributed by atoms with van der Waals surface area (Å²) in [5.41, 5.74) is 0. The molecule has 1 aliphatic carbocycles. The van der Waals surface area contributed by atoms with Crippen LogP contribution in [0, 0.1) is 11.8 Å². The number of ether oxygens (including phenoxy) is 1. The highest BCUT2D eigenvalue weighted by Crippen LogP contribution is 2.26. The van der Waals surface area contributed by atoms with Crippen LogP contribution in [-0.4, -0.2) is 12.9 Å². The Kier molecular flexibility index (Phi) is 2.32. The van der Waals surface area contributed by atoms with Crippen molar-refractivity contribution in [3.8, 4) is 0 Å². The second kappa shape index (κ2) is 3.07. The van der Waals surface area contributed by atoms with E-state index in [-0.39, 0.29) is 11.7 Å². The van der Waals surface area contributed by atoms with Crippen LogP contribution in [0.5, 0.6) is 0 Å². The molecule has 2 atom stereocenters. The van der Waals surface area contributed by atoms with Crippen molar-refractivity contribution in [3.05, 3.63) is 11.8 Å². The van der Waals surface area contributed by atoms with E-state index in [1.165, 1.54) is 0 Å². The van der Waals surface area contributed by atoms with Gasteiger partial charge in [-0.15, -0.1) is 0 Å². The summed E-state index contributed by atoms with van der Waals surface area (Å²) in [5.74, 6) is 1.59. The van der Waals surface area contributed by atoms with Crippen molar-refractivity contribution in [2.24, 2.45) is 11.8 Å². The van der Waals surface area contributed by atoms with Crippen LogP contribution in [0.3, 0.4) is 0 Å². The molecule has 0 amide bonds. The van der Waals surface area contributed by atoms with Crippen molar-refractivity contribution in [3.63, 3.8) is 0 Å². The van der Waals surface area contributed by atoms with Crippen LogP contribution in [0.4, 0.5) is 0 Å². The second-order valence-corrected chi connectivity index (χ2v) is 3.19. The third-order valence-electron chi connectivity index (χ3n) is 2.39. The molecular weight excluding hydrogens is 140 g/mol. The Bertz CT molecular complexity index is 194. The fourth-order valence-corrected chi connectivity index (χ4v) is 1.27. The van der Waals surface area contributed by atoms with E-state index in [0.29, 0.717) is 5.92 Å². The molecule has 0 saturated heterocycles. The van der Waals surface area contributed by atoms with Crippen LogP contribution < -0.4 is 0 Å². The van der Waals surface area contributed by atoms with E-state index in [2.05, 4.69) is 6.92 Å². The Balaban J connectivity index is 2.76. The molecule has 0 aromatic rings. The summed E-state index contributed by atoms with van der Waals surface area (Å²) >= 11 is 0. The normalized spacial score (nSPS) is 31.5. The highest BCUT2D eigenvalue weighted by atomic mass is 16.5. The van der Waals surface area contributed by atoms with E-state index in [0.717, 1.165) is 12.2 Å². The van der Waals surface area contributed by atoms with Crippen molar-refractivity contribution in [2.45, 2.75) is 20.3 Å². The minimum absolute atomic E-state index is 0.161. The molecule has 0 N–H and O–H groups in total. The van der Waals surface area contributed by atoms with Gasteiger partial charge in [0.1, 0.15) is 0 Å². The van der Waals surface area contributed by atoms with E-state index >= 15 is 0 Å². The molecule has 0 aliphatic heterocycles. The standard InChI is InChI=1S/C9H14O2/c1-6-4-8(11-3)5-9(10)7(6)2/h5-7H,4H2,1-3H3. The Labute approximate surface area is 67.2 Å². The van der Waals surface area contributed by atoms with Gasteiger partial charge in [-0.3, -0.25) is 4.79 Å². The first kappa shape index (κ1) is 8.31. The van der Waals surface area contributed by atoms with Crippen molar-refractivity contribution < 1.29 is 9.53 Å². The molecule has 62 valence electrons. The Hall–Kier alpha value is -0.790. The van der Waals surface area contributed by atoms with Crippen molar-refractivity contribution in [2.75, 3.05) is 7.11 Å². The minimum atomic E-state index is 0.161. The van der Waals surface area contributed by atoms with Gasteiger partial charge in [-0.05, 0) is 5.92 Å². The number of rotatable bonds is 1. The van der Waals surface area contributed by atoms with Gasteiger partial charge in [0, 0.05) is 18.4 Å². The molecule has 11 heavy (non-hydrogen) atoms. The number of methoxy groups -OCH3 is 1. The number of hydrogen-bond donors (Lipinski definition) is 0. The third-order valence-corrected chi connectivity index (χ3v) is 2.39. The molecule has 1 rings (SSSR count). The maximum atomic E-state index is 11.2. The van der Waals surface area contributed by atoms with Crippen LogP contribution in [0.2, 0.25) is 0 Å². The number of carbonyl (C=O) groups excluding carboxylic acids is 1. The summed E-state index contributed by atoms with van der Waals surface area (Å²) in [6, 6.07) is 0. The zero-order valence-corrected chi connectivity index (χ0v) is 7.26. The Morgan fingerprint density at radius 2 is 2.18 bits per heavy atom. The van der Waals surface area contributed by atoms with Gasteiger partial charge in [0.25, 0.3) is 0 Å². The molecular formula is C9H14O2. The first-order valence-corrected chi connectivity index (χ1v) is 3.93. The molecule has 1 aliphatic rings. The van der Waals surface area contributed by atoms with E-state index < -0.39 is 0 Å². The predicted molar refractivity (Wildman–Crippen MR) is 43.0 cm³/mol. The molecule has 0 radical (unpaired) electrons. The van der Waals surface area contributed by atoms with Crippen LogP contribution >= 0.6 is 0 Å². The summed E-state index contributed by atoms with van der Waals surface area (Å²) in [5, 5.41) is 0. The van der Waals surface area contributed by atoms with Crippen LogP contribution in [0.25, 0.3) is 0 Å². The van der Waals surface area contributed by atoms with Crippen molar-refractivity contribution in [1.82, 2.24) is 0 Å². The second-order valence-electron chi connectivity index (χ2n) is 3.19. The van der Waals surface area contributed by atoms with E-state index in [4.69, 9.17) is 4.74 Å². The lowest BCUT2D eigenvalue weighted by Crippen LogP contribution is -2.22. The first-order chi connectivity index (χ1) is 5.15. The highest BCUT2D eigenvalue weighted by molar-refractivity contribution is 5.92. The molecule has 0 heterocycles. The van der Waals surface area contributed by atoms with Gasteiger partial charge in [0.05, 0.1) is 12.9 Å². The fraction of sp³-hybridized carbons (Fsp3) is 0.667. The largest absolute Gasteiger partial charge is 0.501 e. The molecule has 0 aromatic heterocycles. The lowest BCUT2D eigenvalue weighted by atomic mass is 9.84. The molecule has 0 saturated carbocycles. The van der Waals surface area contributed by atoms with Crippen molar-refractivity contribution in [1.29, 1.82) is 0 Å². The molecule has 0 bridgehead atoms. The summed E-state index contributed by atoms with van der Waals surface area (Å²) < 4.78 is 5.02. The topological polar surface area (TPSA) is 26.3 Å². The molecule has 0 spiro atoms. The van der Waals surface area contributed by atoms with E-state index in [1.54, 1.807) is 13.2 Å². The Morgan fingerprint density at radius 3 is 2.64 bits per heavy atom. The average molecular weight is 154 g/mol. The average Bonchev–Trinajstić information content (AvgIpc) is 1.99. The van der Waals surface area contributed by atoms with Gasteiger partial charge in [-0.25, -0.2) is 0 Å². The van der Waals surface area contributed by atoms with E-state index in [9.17, 15) is 4.79 Å². The van der Waals surface area contributed by atoms with Gasteiger partial charge < -0.3 is 4.74 Å². The SMILES string of the molecule is COC1=CC(=O)C(C)C(C)C1. The zero-order valence-electron chi connectivity index (χ0n) is 7.26. The van der Waals surface area contributed by atoms with Crippen LogP contribution in [-0.2, 0) is 9.53 Å². The summed E-state index contributed by atoms with van der Waals surface area (Å²) in [4.78, 5) is 11.2. The zero-order chi connectivity index (χ0) is 8.43. The summed E-state index contributed by atoms with van der Waals surface area (Å²) in [6.07, 6.45) is 2.51. The van der Waals surface area contributed by atoms with Crippen LogP contribution in [0.1, 0.15) is 20.3 Å². The van der Waals surface area contributed by atoms with Crippen LogP contribution in [0.15, 0.2) is 11.8 Å². The number of hydrogen-bond acceptors (Lipinski definition) is 2. The molecule has 2 heteroatoms. The number of ketones is 1. The summed E-state index contributed by atoms with van der Waals surface area (Å²) in [7, 11) is 1.61. The van der Waals surface area contributed by atoms with Gasteiger partial charge in [-0.1, -0.05) is 13.8 Å². The van der Waals surface area contributed by atoms with E-state index in [1.807, 2.05) is 6.92 Å². The highest BCUT2D eigenvalue weighted by Gasteiger charge is 2.25. The van der Waals surface area contributed by atoms with Gasteiger partial charge >= 0.3 is 0 Å². The van der Waals surface area contributed by atoms with Gasteiger partial charge in [0.15, 0.2) is 5.78 Å². The maximum Gasteiger partial charge on any atom is 0.162 e. The Morgan fingerprint density at radius 1 is 1.55 bits per heavy atom. The monoisotopic (exact) mass is 154 g/mol. The first-order valence-electron chi connectivity index (χ1n) is 3.93. The van der Waals surface area contributed by atoms with Gasteiger partial charge in [0.2, 0.25) is 0 Å². The molecule has 0 aromatic carbocycles. The molecule has 0 fully saturated rings.